The SMILES string of the molecule is Cl.Cn1c(=O)c2[nH]c(CCCN3CCN(C(c4ccccc4)c4ccccc4)CC3)nc2n(C)c1=O. The van der Waals surface area contributed by atoms with Crippen LogP contribution in [0.15, 0.2) is 70.3 Å². The molecule has 0 bridgehead atoms. The number of aryl methyl sites for hydroxylation is 2. The molecule has 1 saturated heterocycles. The first-order valence-corrected chi connectivity index (χ1v) is 12.2. The van der Waals surface area contributed by atoms with Crippen LogP contribution in [0.5, 0.6) is 0 Å². The highest BCUT2D eigenvalue weighted by Crippen LogP contribution is 2.29. The minimum Gasteiger partial charge on any atom is -0.336 e. The third-order valence-corrected chi connectivity index (χ3v) is 7.03. The second kappa shape index (κ2) is 11.2. The number of halogens is 1. The molecule has 1 N–H and O–H groups in total. The van der Waals surface area contributed by atoms with Gasteiger partial charge in [-0.05, 0) is 24.1 Å². The minimum absolute atomic E-state index is 0. The molecule has 36 heavy (non-hydrogen) atoms. The summed E-state index contributed by atoms with van der Waals surface area (Å²) >= 11 is 0. The average Bonchev–Trinajstić information content (AvgIpc) is 3.33. The molecule has 190 valence electrons. The highest BCUT2D eigenvalue weighted by Gasteiger charge is 2.26. The van der Waals surface area contributed by atoms with E-state index in [1.165, 1.54) is 22.7 Å². The molecule has 0 unspecified atom stereocenters. The quantitative estimate of drug-likeness (QED) is 0.415. The van der Waals surface area contributed by atoms with Gasteiger partial charge in [0.15, 0.2) is 5.65 Å². The van der Waals surface area contributed by atoms with Gasteiger partial charge in [-0.3, -0.25) is 18.8 Å². The van der Waals surface area contributed by atoms with Crippen LogP contribution in [0.2, 0.25) is 0 Å². The lowest BCUT2D eigenvalue weighted by molar-refractivity contribution is 0.108. The Morgan fingerprint density at radius 2 is 1.44 bits per heavy atom. The van der Waals surface area contributed by atoms with Gasteiger partial charge in [0, 0.05) is 46.7 Å². The number of hydrogen-bond donors (Lipinski definition) is 1. The van der Waals surface area contributed by atoms with Crippen molar-refractivity contribution in [2.75, 3.05) is 32.7 Å². The molecular formula is C27H33ClN6O2. The molecule has 1 aliphatic heterocycles. The Hall–Kier alpha value is -3.20. The van der Waals surface area contributed by atoms with E-state index in [9.17, 15) is 9.59 Å². The van der Waals surface area contributed by atoms with Gasteiger partial charge in [0.1, 0.15) is 11.3 Å². The fourth-order valence-electron chi connectivity index (χ4n) is 5.09. The fraction of sp³-hybridized carbons (Fsp3) is 0.370. The van der Waals surface area contributed by atoms with Crippen molar-refractivity contribution in [3.8, 4) is 0 Å². The van der Waals surface area contributed by atoms with Gasteiger partial charge in [-0.25, -0.2) is 9.78 Å². The summed E-state index contributed by atoms with van der Waals surface area (Å²) in [5.41, 5.74) is 2.79. The van der Waals surface area contributed by atoms with Crippen LogP contribution in [0, 0.1) is 0 Å². The number of piperazine rings is 1. The smallest absolute Gasteiger partial charge is 0.332 e. The Kier molecular flexibility index (Phi) is 8.08. The fourth-order valence-corrected chi connectivity index (χ4v) is 5.09. The molecule has 4 aromatic rings. The van der Waals surface area contributed by atoms with Crippen LogP contribution >= 0.6 is 12.4 Å². The number of H-pyrrole nitrogens is 1. The molecule has 8 nitrogen and oxygen atoms in total. The van der Waals surface area contributed by atoms with Crippen molar-refractivity contribution in [1.29, 1.82) is 0 Å². The van der Waals surface area contributed by atoms with Gasteiger partial charge in [-0.1, -0.05) is 60.7 Å². The maximum Gasteiger partial charge on any atom is 0.332 e. The number of aromatic nitrogens is 4. The van der Waals surface area contributed by atoms with Crippen molar-refractivity contribution < 1.29 is 0 Å². The van der Waals surface area contributed by atoms with E-state index >= 15 is 0 Å². The summed E-state index contributed by atoms with van der Waals surface area (Å²) < 4.78 is 2.54. The summed E-state index contributed by atoms with van der Waals surface area (Å²) in [4.78, 5) is 37.3. The molecular weight excluding hydrogens is 476 g/mol. The maximum absolute atomic E-state index is 12.4. The molecule has 1 aliphatic rings. The Labute approximate surface area is 216 Å². The van der Waals surface area contributed by atoms with Crippen LogP contribution in [0.4, 0.5) is 0 Å². The predicted molar refractivity (Wildman–Crippen MR) is 145 cm³/mol. The van der Waals surface area contributed by atoms with Crippen molar-refractivity contribution in [1.82, 2.24) is 28.9 Å². The molecule has 0 aliphatic carbocycles. The molecule has 0 radical (unpaired) electrons. The number of benzene rings is 2. The number of nitrogens with zero attached hydrogens (tertiary/aromatic N) is 5. The molecule has 0 spiro atoms. The van der Waals surface area contributed by atoms with E-state index in [0.29, 0.717) is 11.2 Å². The van der Waals surface area contributed by atoms with Crippen molar-refractivity contribution in [3.05, 3.63) is 98.5 Å². The van der Waals surface area contributed by atoms with Crippen molar-refractivity contribution in [2.24, 2.45) is 14.1 Å². The maximum atomic E-state index is 12.4. The lowest BCUT2D eigenvalue weighted by Gasteiger charge is -2.39. The monoisotopic (exact) mass is 508 g/mol. The number of aromatic amines is 1. The highest BCUT2D eigenvalue weighted by molar-refractivity contribution is 5.85. The number of fused-ring (bicyclic) bond motifs is 1. The summed E-state index contributed by atoms with van der Waals surface area (Å²) in [6.45, 7) is 5.04. The average molecular weight is 509 g/mol. The highest BCUT2D eigenvalue weighted by atomic mass is 35.5. The Bertz CT molecular complexity index is 1370. The van der Waals surface area contributed by atoms with Gasteiger partial charge in [-0.2, -0.15) is 0 Å². The standard InChI is InChI=1S/C27H32N6O2.ClH/c1-30-25-23(26(34)31(2)27(30)35)28-22(29-25)14-9-15-32-16-18-33(19-17-32)24(20-10-5-3-6-11-20)21-12-7-4-8-13-21;/h3-8,10-13,24H,9,14-19H2,1-2H3,(H,28,29);1H. The zero-order chi connectivity index (χ0) is 24.4. The van der Waals surface area contributed by atoms with Gasteiger partial charge in [0.2, 0.25) is 0 Å². The van der Waals surface area contributed by atoms with Crippen LogP contribution in [0.1, 0.15) is 29.4 Å². The van der Waals surface area contributed by atoms with E-state index in [4.69, 9.17) is 0 Å². The summed E-state index contributed by atoms with van der Waals surface area (Å²) in [7, 11) is 3.14. The Morgan fingerprint density at radius 3 is 2.03 bits per heavy atom. The first-order valence-electron chi connectivity index (χ1n) is 12.2. The Balaban J connectivity index is 0.00000304. The van der Waals surface area contributed by atoms with E-state index in [1.54, 1.807) is 7.05 Å². The molecule has 0 atom stereocenters. The second-order valence-corrected chi connectivity index (χ2v) is 9.29. The van der Waals surface area contributed by atoms with Crippen LogP contribution in [-0.4, -0.2) is 61.6 Å². The number of rotatable bonds is 7. The summed E-state index contributed by atoms with van der Waals surface area (Å²) in [5.74, 6) is 0.755. The zero-order valence-electron chi connectivity index (χ0n) is 20.8. The van der Waals surface area contributed by atoms with Crippen LogP contribution in [-0.2, 0) is 20.5 Å². The van der Waals surface area contributed by atoms with Crippen LogP contribution in [0.3, 0.4) is 0 Å². The zero-order valence-corrected chi connectivity index (χ0v) is 21.6. The van der Waals surface area contributed by atoms with E-state index in [-0.39, 0.29) is 29.7 Å². The van der Waals surface area contributed by atoms with Gasteiger partial charge < -0.3 is 9.88 Å². The molecule has 0 saturated carbocycles. The molecule has 3 heterocycles. The van der Waals surface area contributed by atoms with E-state index in [2.05, 4.69) is 80.4 Å². The van der Waals surface area contributed by atoms with E-state index in [1.807, 2.05) is 0 Å². The number of hydrogen-bond acceptors (Lipinski definition) is 5. The molecule has 1 fully saturated rings. The van der Waals surface area contributed by atoms with Crippen LogP contribution in [0.25, 0.3) is 11.2 Å². The van der Waals surface area contributed by atoms with Gasteiger partial charge >= 0.3 is 5.69 Å². The topological polar surface area (TPSA) is 79.2 Å². The lowest BCUT2D eigenvalue weighted by Crippen LogP contribution is -2.48. The molecule has 0 amide bonds. The third kappa shape index (κ3) is 5.16. The predicted octanol–water partition coefficient (Wildman–Crippen LogP) is 2.72. The number of imidazole rings is 1. The van der Waals surface area contributed by atoms with Crippen molar-refractivity contribution >= 4 is 23.6 Å². The normalized spacial score (nSPS) is 14.9. The molecule has 9 heteroatoms. The largest absolute Gasteiger partial charge is 0.336 e. The number of nitrogens with one attached hydrogen (secondary N) is 1. The summed E-state index contributed by atoms with van der Waals surface area (Å²) in [6.07, 6.45) is 1.68. The van der Waals surface area contributed by atoms with Crippen molar-refractivity contribution in [2.45, 2.75) is 18.9 Å². The third-order valence-electron chi connectivity index (χ3n) is 7.03. The Morgan fingerprint density at radius 1 is 0.861 bits per heavy atom. The first-order chi connectivity index (χ1) is 17.0. The lowest BCUT2D eigenvalue weighted by atomic mass is 9.96. The molecule has 2 aromatic heterocycles. The molecule has 5 rings (SSSR count). The summed E-state index contributed by atoms with van der Waals surface area (Å²) in [6, 6.07) is 21.8. The second-order valence-electron chi connectivity index (χ2n) is 9.29. The molecule has 2 aromatic carbocycles. The summed E-state index contributed by atoms with van der Waals surface area (Å²) in [5, 5.41) is 0. The first kappa shape index (κ1) is 25.9. The van der Waals surface area contributed by atoms with Gasteiger partial charge in [-0.15, -0.1) is 12.4 Å². The minimum atomic E-state index is -0.359. The van der Waals surface area contributed by atoms with Crippen molar-refractivity contribution in [3.63, 3.8) is 0 Å². The van der Waals surface area contributed by atoms with E-state index < -0.39 is 0 Å². The van der Waals surface area contributed by atoms with Gasteiger partial charge in [0.05, 0.1) is 6.04 Å². The van der Waals surface area contributed by atoms with E-state index in [0.717, 1.165) is 56.0 Å². The van der Waals surface area contributed by atoms with Gasteiger partial charge in [0.25, 0.3) is 5.56 Å². The van der Waals surface area contributed by atoms with Crippen LogP contribution < -0.4 is 11.2 Å².